The summed E-state index contributed by atoms with van der Waals surface area (Å²) in [5.74, 6) is 0.754. The van der Waals surface area contributed by atoms with Crippen LogP contribution in [0.25, 0.3) is 0 Å². The number of benzene rings is 2. The second-order valence-electron chi connectivity index (χ2n) is 5.58. The van der Waals surface area contributed by atoms with E-state index in [2.05, 4.69) is 31.3 Å². The smallest absolute Gasteiger partial charge is 0.228 e. The van der Waals surface area contributed by atoms with Crippen LogP contribution in [0.2, 0.25) is 0 Å². The van der Waals surface area contributed by atoms with Gasteiger partial charge in [0.25, 0.3) is 0 Å². The molecule has 2 aromatic carbocycles. The lowest BCUT2D eigenvalue weighted by Gasteiger charge is -2.37. The lowest BCUT2D eigenvalue weighted by Crippen LogP contribution is -2.49. The zero-order valence-corrected chi connectivity index (χ0v) is 11.8. The summed E-state index contributed by atoms with van der Waals surface area (Å²) < 4.78 is 6.62. The summed E-state index contributed by atoms with van der Waals surface area (Å²) in [6.45, 7) is 3.41. The van der Waals surface area contributed by atoms with Gasteiger partial charge in [0.15, 0.2) is 5.75 Å². The Morgan fingerprint density at radius 2 is 1.95 bits per heavy atom. The molecule has 1 unspecified atom stereocenters. The van der Waals surface area contributed by atoms with Crippen molar-refractivity contribution in [2.45, 2.75) is 13.5 Å². The van der Waals surface area contributed by atoms with Crippen molar-refractivity contribution >= 4 is 5.69 Å². The molecule has 1 aliphatic heterocycles. The molecular weight excluding hydrogens is 248 g/mol. The maximum absolute atomic E-state index is 9.23. The normalized spacial score (nSPS) is 20.6. The minimum absolute atomic E-state index is 0.550. The summed E-state index contributed by atoms with van der Waals surface area (Å²) in [6.07, 6.45) is 0. The van der Waals surface area contributed by atoms with Gasteiger partial charge in [-0.25, -0.2) is 0 Å². The third kappa shape index (κ3) is 2.04. The first-order chi connectivity index (χ1) is 9.62. The fourth-order valence-electron chi connectivity index (χ4n) is 2.80. The average Bonchev–Trinajstić information content (AvgIpc) is 2.47. The van der Waals surface area contributed by atoms with Crippen LogP contribution in [0.4, 0.5) is 5.69 Å². The Morgan fingerprint density at radius 3 is 2.65 bits per heavy atom. The van der Waals surface area contributed by atoms with Crippen molar-refractivity contribution in [3.8, 4) is 11.8 Å². The topological polar surface area (TPSA) is 33.0 Å². The average molecular weight is 265 g/mol. The number of rotatable bonds is 1. The first kappa shape index (κ1) is 12.7. The SMILES string of the molecule is Cc1cc(C#N)c2c(c1)C[N+](C)(c1ccccc1)CO2. The molecule has 1 atom stereocenters. The molecule has 3 heteroatoms. The van der Waals surface area contributed by atoms with Gasteiger partial charge < -0.3 is 4.74 Å². The second-order valence-corrected chi connectivity index (χ2v) is 5.58. The molecule has 2 aromatic rings. The van der Waals surface area contributed by atoms with Crippen molar-refractivity contribution in [3.05, 3.63) is 59.2 Å². The van der Waals surface area contributed by atoms with Crippen molar-refractivity contribution in [2.75, 3.05) is 13.8 Å². The number of ether oxygens (including phenoxy) is 1. The van der Waals surface area contributed by atoms with Gasteiger partial charge in [-0.3, -0.25) is 4.48 Å². The highest BCUT2D eigenvalue weighted by molar-refractivity contribution is 5.54. The molecule has 0 aromatic heterocycles. The molecule has 1 aliphatic rings. The Balaban J connectivity index is 2.05. The van der Waals surface area contributed by atoms with Crippen LogP contribution in [-0.2, 0) is 6.54 Å². The molecule has 0 radical (unpaired) electrons. The summed E-state index contributed by atoms with van der Waals surface area (Å²) in [6, 6.07) is 16.6. The Hall–Kier alpha value is -2.31. The minimum Gasteiger partial charge on any atom is -0.443 e. The van der Waals surface area contributed by atoms with Gasteiger partial charge in [-0.05, 0) is 36.8 Å². The minimum atomic E-state index is 0.550. The van der Waals surface area contributed by atoms with Crippen LogP contribution in [0.15, 0.2) is 42.5 Å². The third-order valence-electron chi connectivity index (χ3n) is 3.82. The molecule has 3 nitrogen and oxygen atoms in total. The van der Waals surface area contributed by atoms with Gasteiger partial charge in [0, 0.05) is 0 Å². The van der Waals surface area contributed by atoms with E-state index in [1.165, 1.54) is 5.69 Å². The number of aryl methyl sites for hydroxylation is 1. The van der Waals surface area contributed by atoms with E-state index in [0.717, 1.165) is 23.4 Å². The van der Waals surface area contributed by atoms with E-state index in [1.54, 1.807) is 0 Å². The predicted octanol–water partition coefficient (Wildman–Crippen LogP) is 3.35. The van der Waals surface area contributed by atoms with Crippen LogP contribution in [0.3, 0.4) is 0 Å². The highest BCUT2D eigenvalue weighted by atomic mass is 16.5. The quantitative estimate of drug-likeness (QED) is 0.741. The number of hydrogen-bond acceptors (Lipinski definition) is 2. The van der Waals surface area contributed by atoms with Crippen LogP contribution in [0.5, 0.6) is 5.75 Å². The highest BCUT2D eigenvalue weighted by Crippen LogP contribution is 2.35. The number of nitriles is 1. The second kappa shape index (κ2) is 4.66. The van der Waals surface area contributed by atoms with E-state index in [1.807, 2.05) is 31.2 Å². The van der Waals surface area contributed by atoms with Gasteiger partial charge in [-0.15, -0.1) is 0 Å². The Bertz CT molecular complexity index is 688. The highest BCUT2D eigenvalue weighted by Gasteiger charge is 2.33. The number of quaternary nitrogens is 1. The summed E-state index contributed by atoms with van der Waals surface area (Å²) in [5.41, 5.74) is 4.07. The molecular formula is C17H17N2O+. The monoisotopic (exact) mass is 265 g/mol. The van der Waals surface area contributed by atoms with Crippen molar-refractivity contribution in [1.29, 1.82) is 5.26 Å². The number of nitrogens with zero attached hydrogens (tertiary/aromatic N) is 2. The zero-order valence-electron chi connectivity index (χ0n) is 11.8. The van der Waals surface area contributed by atoms with Gasteiger partial charge in [0.2, 0.25) is 6.73 Å². The molecule has 0 aliphatic carbocycles. The largest absolute Gasteiger partial charge is 0.443 e. The summed E-state index contributed by atoms with van der Waals surface area (Å²) >= 11 is 0. The lowest BCUT2D eigenvalue weighted by molar-refractivity contribution is 0.124. The summed E-state index contributed by atoms with van der Waals surface area (Å²) in [7, 11) is 2.16. The van der Waals surface area contributed by atoms with Gasteiger partial charge in [0.1, 0.15) is 18.3 Å². The van der Waals surface area contributed by atoms with Crippen LogP contribution in [0.1, 0.15) is 16.7 Å². The van der Waals surface area contributed by atoms with E-state index in [-0.39, 0.29) is 0 Å². The maximum Gasteiger partial charge on any atom is 0.228 e. The van der Waals surface area contributed by atoms with Crippen molar-refractivity contribution in [2.24, 2.45) is 0 Å². The van der Waals surface area contributed by atoms with E-state index >= 15 is 0 Å². The van der Waals surface area contributed by atoms with Gasteiger partial charge in [0.05, 0.1) is 18.2 Å². The molecule has 0 amide bonds. The number of fused-ring (bicyclic) bond motifs is 1. The van der Waals surface area contributed by atoms with Gasteiger partial charge in [-0.2, -0.15) is 5.26 Å². The lowest BCUT2D eigenvalue weighted by atomic mass is 10.0. The van der Waals surface area contributed by atoms with Crippen LogP contribution < -0.4 is 9.22 Å². The molecule has 0 saturated heterocycles. The molecule has 0 bridgehead atoms. The molecule has 0 spiro atoms. The number of hydrogen-bond donors (Lipinski definition) is 0. The van der Waals surface area contributed by atoms with Gasteiger partial charge >= 0.3 is 0 Å². The summed E-state index contributed by atoms with van der Waals surface area (Å²) in [4.78, 5) is 0. The number of para-hydroxylation sites is 1. The predicted molar refractivity (Wildman–Crippen MR) is 79.3 cm³/mol. The van der Waals surface area contributed by atoms with Crippen LogP contribution in [-0.4, -0.2) is 13.8 Å². The van der Waals surface area contributed by atoms with Crippen molar-refractivity contribution in [3.63, 3.8) is 0 Å². The summed E-state index contributed by atoms with van der Waals surface area (Å²) in [5, 5.41) is 9.23. The Morgan fingerprint density at radius 1 is 1.20 bits per heavy atom. The fraction of sp³-hybridized carbons (Fsp3) is 0.235. The van der Waals surface area contributed by atoms with Crippen LogP contribution >= 0.6 is 0 Å². The van der Waals surface area contributed by atoms with Gasteiger partial charge in [-0.1, -0.05) is 18.2 Å². The standard InChI is InChI=1S/C17H17N2O/c1-13-8-14(10-18)17-15(9-13)11-19(2,12-20-17)16-6-4-3-5-7-16/h3-9H,11-12H2,1-2H3/q+1. The molecule has 3 rings (SSSR count). The zero-order chi connectivity index (χ0) is 14.2. The first-order valence-corrected chi connectivity index (χ1v) is 6.69. The Labute approximate surface area is 119 Å². The maximum atomic E-state index is 9.23. The van der Waals surface area contributed by atoms with E-state index < -0.39 is 0 Å². The van der Waals surface area contributed by atoms with E-state index in [0.29, 0.717) is 16.8 Å². The fourth-order valence-corrected chi connectivity index (χ4v) is 2.80. The molecule has 0 fully saturated rings. The molecule has 1 heterocycles. The van der Waals surface area contributed by atoms with Crippen molar-refractivity contribution < 1.29 is 4.74 Å². The Kier molecular flexibility index (Phi) is 2.96. The van der Waals surface area contributed by atoms with Crippen LogP contribution in [0, 0.1) is 18.3 Å². The molecule has 100 valence electrons. The van der Waals surface area contributed by atoms with E-state index in [9.17, 15) is 5.26 Å². The van der Waals surface area contributed by atoms with Crippen molar-refractivity contribution in [1.82, 2.24) is 4.48 Å². The van der Waals surface area contributed by atoms with E-state index in [4.69, 9.17) is 4.74 Å². The molecule has 0 saturated carbocycles. The molecule has 0 N–H and O–H groups in total. The first-order valence-electron chi connectivity index (χ1n) is 6.69. The third-order valence-corrected chi connectivity index (χ3v) is 3.82. The molecule has 20 heavy (non-hydrogen) atoms.